The van der Waals surface area contributed by atoms with Crippen LogP contribution in [0.25, 0.3) is 0 Å². The van der Waals surface area contributed by atoms with E-state index < -0.39 is 0 Å². The van der Waals surface area contributed by atoms with Crippen molar-refractivity contribution >= 4 is 11.6 Å². The quantitative estimate of drug-likeness (QED) is 0.792. The minimum atomic E-state index is 0.195. The molecule has 2 unspecified atom stereocenters. The van der Waals surface area contributed by atoms with E-state index in [9.17, 15) is 4.79 Å². The lowest BCUT2D eigenvalue weighted by atomic mass is 9.86. The number of fused-ring (bicyclic) bond motifs is 1. The summed E-state index contributed by atoms with van der Waals surface area (Å²) in [5.41, 5.74) is 9.99. The smallest absolute Gasteiger partial charge is 0.227 e. The lowest BCUT2D eigenvalue weighted by Crippen LogP contribution is -2.35. The van der Waals surface area contributed by atoms with Crippen LogP contribution in [0.5, 0.6) is 0 Å². The van der Waals surface area contributed by atoms with Crippen LogP contribution in [0.3, 0.4) is 0 Å². The van der Waals surface area contributed by atoms with Gasteiger partial charge in [0.2, 0.25) is 5.91 Å². The number of anilines is 1. The van der Waals surface area contributed by atoms with E-state index in [2.05, 4.69) is 43.9 Å². The number of hydrogen-bond donors (Lipinski definition) is 1. The Hall–Kier alpha value is -1.35. The van der Waals surface area contributed by atoms with Gasteiger partial charge in [0.25, 0.3) is 0 Å². The first-order valence-electron chi connectivity index (χ1n) is 10.6. The van der Waals surface area contributed by atoms with Crippen LogP contribution < -0.4 is 10.6 Å². The third-order valence-corrected chi connectivity index (χ3v) is 6.45. The molecule has 1 fully saturated rings. The molecule has 2 aliphatic rings. The molecule has 1 aromatic carbocycles. The zero-order valence-corrected chi connectivity index (χ0v) is 16.8. The minimum Gasteiger partial charge on any atom is -0.327 e. The number of carbonyl (C=O) groups is 1. The molecule has 26 heavy (non-hydrogen) atoms. The molecule has 3 nitrogen and oxygen atoms in total. The van der Waals surface area contributed by atoms with Gasteiger partial charge in [0.1, 0.15) is 0 Å². The summed E-state index contributed by atoms with van der Waals surface area (Å²) in [6, 6.07) is 7.07. The van der Waals surface area contributed by atoms with E-state index in [4.69, 9.17) is 5.73 Å². The van der Waals surface area contributed by atoms with Crippen LogP contribution in [-0.2, 0) is 17.6 Å². The van der Waals surface area contributed by atoms with Crippen molar-refractivity contribution in [3.05, 3.63) is 29.3 Å². The molecule has 1 aliphatic carbocycles. The summed E-state index contributed by atoms with van der Waals surface area (Å²) in [4.78, 5) is 15.0. The van der Waals surface area contributed by atoms with Crippen molar-refractivity contribution in [1.82, 2.24) is 0 Å². The maximum absolute atomic E-state index is 12.9. The predicted molar refractivity (Wildman–Crippen MR) is 109 cm³/mol. The van der Waals surface area contributed by atoms with Crippen molar-refractivity contribution in [1.29, 1.82) is 0 Å². The van der Waals surface area contributed by atoms with E-state index in [1.165, 1.54) is 43.2 Å². The summed E-state index contributed by atoms with van der Waals surface area (Å²) < 4.78 is 0. The Balaban J connectivity index is 1.64. The fraction of sp³-hybridized carbons (Fsp3) is 0.696. The second-order valence-corrected chi connectivity index (χ2v) is 8.93. The van der Waals surface area contributed by atoms with E-state index in [1.807, 2.05) is 0 Å². The predicted octanol–water partition coefficient (Wildman–Crippen LogP) is 4.85. The van der Waals surface area contributed by atoms with Crippen molar-refractivity contribution in [2.75, 3.05) is 4.90 Å². The van der Waals surface area contributed by atoms with Gasteiger partial charge in [-0.3, -0.25) is 4.79 Å². The van der Waals surface area contributed by atoms with Crippen LogP contribution in [0.1, 0.15) is 76.8 Å². The van der Waals surface area contributed by atoms with Gasteiger partial charge in [-0.1, -0.05) is 58.1 Å². The number of benzene rings is 1. The molecule has 3 heteroatoms. The molecule has 1 heterocycles. The van der Waals surface area contributed by atoms with Crippen LogP contribution in [-0.4, -0.2) is 18.0 Å². The van der Waals surface area contributed by atoms with Crippen LogP contribution in [0.15, 0.2) is 18.2 Å². The monoisotopic (exact) mass is 356 g/mol. The Bertz CT molecular complexity index is 619. The second kappa shape index (κ2) is 8.56. The molecule has 2 atom stereocenters. The van der Waals surface area contributed by atoms with Crippen LogP contribution in [0.4, 0.5) is 5.69 Å². The highest BCUT2D eigenvalue weighted by molar-refractivity contribution is 5.96. The van der Waals surface area contributed by atoms with Crippen molar-refractivity contribution in [2.24, 2.45) is 17.6 Å². The highest BCUT2D eigenvalue weighted by atomic mass is 16.2. The Morgan fingerprint density at radius 2 is 1.96 bits per heavy atom. The van der Waals surface area contributed by atoms with Crippen molar-refractivity contribution in [2.45, 2.75) is 90.6 Å². The maximum Gasteiger partial charge on any atom is 0.227 e. The lowest BCUT2D eigenvalue weighted by molar-refractivity contribution is -0.119. The van der Waals surface area contributed by atoms with Crippen LogP contribution in [0.2, 0.25) is 0 Å². The molecule has 1 amide bonds. The van der Waals surface area contributed by atoms with Gasteiger partial charge >= 0.3 is 0 Å². The standard InChI is InChI=1S/C23H36N2O/c1-16(2)21(24)15-19-9-11-22-20(14-19)13-17(3)25(22)23(26)12-10-18-7-5-4-6-8-18/h9,11,14,16-18,21H,4-8,10,12-13,15,24H2,1-3H3. The summed E-state index contributed by atoms with van der Waals surface area (Å²) >= 11 is 0. The summed E-state index contributed by atoms with van der Waals surface area (Å²) in [7, 11) is 0. The van der Waals surface area contributed by atoms with E-state index in [0.717, 1.165) is 30.9 Å². The highest BCUT2D eigenvalue weighted by Crippen LogP contribution is 2.35. The molecule has 0 aromatic heterocycles. The van der Waals surface area contributed by atoms with E-state index in [0.29, 0.717) is 18.2 Å². The third-order valence-electron chi connectivity index (χ3n) is 6.45. The molecule has 0 spiro atoms. The average Bonchev–Trinajstić information content (AvgIpc) is 2.95. The fourth-order valence-corrected chi connectivity index (χ4v) is 4.62. The van der Waals surface area contributed by atoms with Crippen molar-refractivity contribution in [3.63, 3.8) is 0 Å². The molecule has 0 bridgehead atoms. The summed E-state index contributed by atoms with van der Waals surface area (Å²) in [6.45, 7) is 6.53. The normalized spacial score (nSPS) is 21.9. The molecule has 2 N–H and O–H groups in total. The third kappa shape index (κ3) is 4.49. The molecule has 0 radical (unpaired) electrons. The SMILES string of the molecule is CC(C)C(N)Cc1ccc2c(c1)CC(C)N2C(=O)CCC1CCCCC1. The summed E-state index contributed by atoms with van der Waals surface area (Å²) in [5, 5.41) is 0. The molecular weight excluding hydrogens is 320 g/mol. The largest absolute Gasteiger partial charge is 0.327 e. The average molecular weight is 357 g/mol. The molecular formula is C23H36N2O. The van der Waals surface area contributed by atoms with E-state index in [-0.39, 0.29) is 12.1 Å². The maximum atomic E-state index is 12.9. The van der Waals surface area contributed by atoms with Crippen LogP contribution in [0, 0.1) is 11.8 Å². The first kappa shape index (κ1) is 19.4. The lowest BCUT2D eigenvalue weighted by Gasteiger charge is -2.25. The summed E-state index contributed by atoms with van der Waals surface area (Å²) in [6.07, 6.45) is 10.4. The fourth-order valence-electron chi connectivity index (χ4n) is 4.62. The van der Waals surface area contributed by atoms with Crippen molar-refractivity contribution in [3.8, 4) is 0 Å². The Morgan fingerprint density at radius 1 is 1.23 bits per heavy atom. The molecule has 3 rings (SSSR count). The highest BCUT2D eigenvalue weighted by Gasteiger charge is 2.31. The molecule has 0 saturated heterocycles. The minimum absolute atomic E-state index is 0.195. The number of nitrogens with two attached hydrogens (primary N) is 1. The zero-order valence-electron chi connectivity index (χ0n) is 16.8. The van der Waals surface area contributed by atoms with Gasteiger partial charge in [-0.25, -0.2) is 0 Å². The molecule has 1 saturated carbocycles. The van der Waals surface area contributed by atoms with Crippen molar-refractivity contribution < 1.29 is 4.79 Å². The molecule has 1 aromatic rings. The van der Waals surface area contributed by atoms with Crippen LogP contribution >= 0.6 is 0 Å². The van der Waals surface area contributed by atoms with Gasteiger partial charge in [0.05, 0.1) is 0 Å². The molecule has 1 aliphatic heterocycles. The first-order valence-corrected chi connectivity index (χ1v) is 10.6. The second-order valence-electron chi connectivity index (χ2n) is 8.93. The van der Waals surface area contributed by atoms with Gasteiger partial charge in [0.15, 0.2) is 0 Å². The van der Waals surface area contributed by atoms with Gasteiger partial charge in [-0.15, -0.1) is 0 Å². The zero-order chi connectivity index (χ0) is 18.7. The number of rotatable bonds is 6. The van der Waals surface area contributed by atoms with E-state index in [1.54, 1.807) is 0 Å². The Morgan fingerprint density at radius 3 is 2.65 bits per heavy atom. The topological polar surface area (TPSA) is 46.3 Å². The Kier molecular flexibility index (Phi) is 6.39. The van der Waals surface area contributed by atoms with Gasteiger partial charge in [-0.2, -0.15) is 0 Å². The number of nitrogens with zero attached hydrogens (tertiary/aromatic N) is 1. The molecule has 144 valence electrons. The van der Waals surface area contributed by atoms with E-state index >= 15 is 0 Å². The summed E-state index contributed by atoms with van der Waals surface area (Å²) in [5.74, 6) is 1.57. The number of hydrogen-bond acceptors (Lipinski definition) is 2. The Labute approximate surface area is 159 Å². The van der Waals surface area contributed by atoms with Gasteiger partial charge in [0, 0.05) is 24.2 Å². The number of carbonyl (C=O) groups excluding carboxylic acids is 1. The first-order chi connectivity index (χ1) is 12.5. The van der Waals surface area contributed by atoms with Gasteiger partial charge in [-0.05, 0) is 55.2 Å². The van der Waals surface area contributed by atoms with Gasteiger partial charge < -0.3 is 10.6 Å². The number of amides is 1.